The van der Waals surface area contributed by atoms with Crippen LogP contribution in [0.4, 0.5) is 0 Å². The van der Waals surface area contributed by atoms with Crippen molar-refractivity contribution in [2.24, 2.45) is 0 Å². The Hall–Kier alpha value is -0.910. The fourth-order valence-corrected chi connectivity index (χ4v) is 2.76. The standard InChI is InChI=1S/C18H28BrNO3/c1-3-22-18(23-4-2)12-7-13-20-17(21)11-6-9-15-8-5-10-16(19)14-15/h5,8,10,14,18H,3-4,6-7,9,11-13H2,1-2H3,(H,20,21). The highest BCUT2D eigenvalue weighted by Crippen LogP contribution is 2.13. The Bertz CT molecular complexity index is 448. The fraction of sp³-hybridized carbons (Fsp3) is 0.611. The summed E-state index contributed by atoms with van der Waals surface area (Å²) in [5.41, 5.74) is 1.25. The third-order valence-electron chi connectivity index (χ3n) is 3.40. The number of amides is 1. The van der Waals surface area contributed by atoms with E-state index >= 15 is 0 Å². The summed E-state index contributed by atoms with van der Waals surface area (Å²) in [5.74, 6) is 0.115. The predicted molar refractivity (Wildman–Crippen MR) is 96.4 cm³/mol. The van der Waals surface area contributed by atoms with Gasteiger partial charge in [0.05, 0.1) is 0 Å². The second kappa shape index (κ2) is 12.5. The van der Waals surface area contributed by atoms with Gasteiger partial charge in [0.2, 0.25) is 5.91 Å². The van der Waals surface area contributed by atoms with Crippen LogP contribution >= 0.6 is 15.9 Å². The zero-order chi connectivity index (χ0) is 16.9. The topological polar surface area (TPSA) is 47.6 Å². The second-order valence-corrected chi connectivity index (χ2v) is 6.23. The van der Waals surface area contributed by atoms with Crippen molar-refractivity contribution in [2.45, 2.75) is 52.2 Å². The van der Waals surface area contributed by atoms with Crippen LogP contribution < -0.4 is 5.32 Å². The number of hydrogen-bond acceptors (Lipinski definition) is 3. The number of benzene rings is 1. The molecule has 1 aromatic rings. The highest BCUT2D eigenvalue weighted by atomic mass is 79.9. The Labute approximate surface area is 148 Å². The monoisotopic (exact) mass is 385 g/mol. The number of carbonyl (C=O) groups excluding carboxylic acids is 1. The number of carbonyl (C=O) groups is 1. The molecule has 1 amide bonds. The van der Waals surface area contributed by atoms with Crippen LogP contribution in [0.15, 0.2) is 28.7 Å². The lowest BCUT2D eigenvalue weighted by Gasteiger charge is -2.16. The summed E-state index contributed by atoms with van der Waals surface area (Å²) in [6, 6.07) is 8.21. The van der Waals surface area contributed by atoms with Crippen LogP contribution in [0.2, 0.25) is 0 Å². The van der Waals surface area contributed by atoms with Gasteiger partial charge in [-0.2, -0.15) is 0 Å². The Kier molecular flexibility index (Phi) is 10.9. The molecule has 1 aromatic carbocycles. The average Bonchev–Trinajstić information content (AvgIpc) is 2.52. The zero-order valence-electron chi connectivity index (χ0n) is 14.1. The molecule has 0 spiro atoms. The Morgan fingerprint density at radius 1 is 1.22 bits per heavy atom. The molecule has 5 heteroatoms. The lowest BCUT2D eigenvalue weighted by Crippen LogP contribution is -2.26. The molecule has 0 radical (unpaired) electrons. The molecule has 0 aliphatic carbocycles. The van der Waals surface area contributed by atoms with Crippen molar-refractivity contribution in [3.05, 3.63) is 34.3 Å². The first-order valence-corrected chi connectivity index (χ1v) is 9.19. The van der Waals surface area contributed by atoms with E-state index in [1.54, 1.807) is 0 Å². The van der Waals surface area contributed by atoms with Crippen molar-refractivity contribution in [1.29, 1.82) is 0 Å². The van der Waals surface area contributed by atoms with Gasteiger partial charge in [-0.05, 0) is 50.8 Å². The maximum atomic E-state index is 11.8. The van der Waals surface area contributed by atoms with Crippen LogP contribution in [0.1, 0.15) is 45.1 Å². The molecule has 1 rings (SSSR count). The van der Waals surface area contributed by atoms with E-state index in [2.05, 4.69) is 33.4 Å². The molecule has 0 unspecified atom stereocenters. The van der Waals surface area contributed by atoms with Gasteiger partial charge in [0, 0.05) is 37.1 Å². The van der Waals surface area contributed by atoms with E-state index in [9.17, 15) is 4.79 Å². The first-order chi connectivity index (χ1) is 11.2. The van der Waals surface area contributed by atoms with Gasteiger partial charge in [0.15, 0.2) is 6.29 Å². The number of rotatable bonds is 12. The predicted octanol–water partition coefficient (Wildman–Crippen LogP) is 4.07. The SMILES string of the molecule is CCOC(CCCNC(=O)CCCc1cccc(Br)c1)OCC. The van der Waals surface area contributed by atoms with Gasteiger partial charge < -0.3 is 14.8 Å². The second-order valence-electron chi connectivity index (χ2n) is 5.32. The van der Waals surface area contributed by atoms with Gasteiger partial charge in [-0.1, -0.05) is 28.1 Å². The summed E-state index contributed by atoms with van der Waals surface area (Å²) in [5, 5.41) is 2.96. The molecule has 0 saturated heterocycles. The third kappa shape index (κ3) is 9.74. The van der Waals surface area contributed by atoms with Gasteiger partial charge in [0.25, 0.3) is 0 Å². The van der Waals surface area contributed by atoms with Gasteiger partial charge in [-0.15, -0.1) is 0 Å². The molecule has 0 aliphatic rings. The smallest absolute Gasteiger partial charge is 0.220 e. The molecule has 0 bridgehead atoms. The zero-order valence-corrected chi connectivity index (χ0v) is 15.7. The maximum Gasteiger partial charge on any atom is 0.220 e. The molecule has 0 heterocycles. The van der Waals surface area contributed by atoms with Crippen molar-refractivity contribution >= 4 is 21.8 Å². The van der Waals surface area contributed by atoms with Crippen molar-refractivity contribution in [3.63, 3.8) is 0 Å². The average molecular weight is 386 g/mol. The Morgan fingerprint density at radius 2 is 1.96 bits per heavy atom. The van der Waals surface area contributed by atoms with E-state index in [1.807, 2.05) is 26.0 Å². The van der Waals surface area contributed by atoms with Crippen molar-refractivity contribution in [3.8, 4) is 0 Å². The van der Waals surface area contributed by atoms with E-state index in [1.165, 1.54) is 5.56 Å². The quantitative estimate of drug-likeness (QED) is 0.435. The number of hydrogen-bond donors (Lipinski definition) is 1. The van der Waals surface area contributed by atoms with E-state index < -0.39 is 0 Å². The molecule has 4 nitrogen and oxygen atoms in total. The molecule has 0 aliphatic heterocycles. The normalized spacial score (nSPS) is 11.0. The van der Waals surface area contributed by atoms with Gasteiger partial charge in [-0.3, -0.25) is 4.79 Å². The molecule has 1 N–H and O–H groups in total. The molecule has 130 valence electrons. The first kappa shape index (κ1) is 20.1. The molecule has 0 aromatic heterocycles. The van der Waals surface area contributed by atoms with E-state index in [-0.39, 0.29) is 12.2 Å². The highest BCUT2D eigenvalue weighted by Gasteiger charge is 2.08. The molecule has 0 fully saturated rings. The summed E-state index contributed by atoms with van der Waals surface area (Å²) in [7, 11) is 0. The minimum atomic E-state index is -0.154. The minimum absolute atomic E-state index is 0.115. The number of ether oxygens (including phenoxy) is 2. The van der Waals surface area contributed by atoms with Crippen LogP contribution in [-0.4, -0.2) is 32.0 Å². The molecular weight excluding hydrogens is 358 g/mol. The van der Waals surface area contributed by atoms with Crippen molar-refractivity contribution in [1.82, 2.24) is 5.32 Å². The minimum Gasteiger partial charge on any atom is -0.356 e. The van der Waals surface area contributed by atoms with Gasteiger partial charge in [-0.25, -0.2) is 0 Å². The van der Waals surface area contributed by atoms with E-state index in [0.717, 1.165) is 30.2 Å². The fourth-order valence-electron chi connectivity index (χ4n) is 2.32. The van der Waals surface area contributed by atoms with Crippen LogP contribution in [0.25, 0.3) is 0 Å². The highest BCUT2D eigenvalue weighted by molar-refractivity contribution is 9.10. The lowest BCUT2D eigenvalue weighted by atomic mass is 10.1. The Morgan fingerprint density at radius 3 is 2.61 bits per heavy atom. The number of nitrogens with one attached hydrogen (secondary N) is 1. The lowest BCUT2D eigenvalue weighted by molar-refractivity contribution is -0.140. The summed E-state index contributed by atoms with van der Waals surface area (Å²) in [6.07, 6.45) is 3.86. The maximum absolute atomic E-state index is 11.8. The summed E-state index contributed by atoms with van der Waals surface area (Å²) < 4.78 is 12.0. The summed E-state index contributed by atoms with van der Waals surface area (Å²) >= 11 is 3.46. The first-order valence-electron chi connectivity index (χ1n) is 8.40. The van der Waals surface area contributed by atoms with Crippen molar-refractivity contribution in [2.75, 3.05) is 19.8 Å². The summed E-state index contributed by atoms with van der Waals surface area (Å²) in [6.45, 7) is 5.88. The largest absolute Gasteiger partial charge is 0.356 e. The number of aryl methyl sites for hydroxylation is 1. The van der Waals surface area contributed by atoms with Gasteiger partial charge in [0.1, 0.15) is 0 Å². The Balaban J connectivity index is 2.10. The van der Waals surface area contributed by atoms with Crippen LogP contribution in [0.3, 0.4) is 0 Å². The third-order valence-corrected chi connectivity index (χ3v) is 3.90. The van der Waals surface area contributed by atoms with Gasteiger partial charge >= 0.3 is 0 Å². The number of halogens is 1. The van der Waals surface area contributed by atoms with Crippen LogP contribution in [-0.2, 0) is 20.7 Å². The van der Waals surface area contributed by atoms with E-state index in [4.69, 9.17) is 9.47 Å². The summed E-state index contributed by atoms with van der Waals surface area (Å²) in [4.78, 5) is 11.8. The van der Waals surface area contributed by atoms with Crippen LogP contribution in [0.5, 0.6) is 0 Å². The van der Waals surface area contributed by atoms with Crippen LogP contribution in [0, 0.1) is 0 Å². The molecule has 0 saturated carbocycles. The molecular formula is C18H28BrNO3. The molecule has 23 heavy (non-hydrogen) atoms. The molecule has 0 atom stereocenters. The van der Waals surface area contributed by atoms with E-state index in [0.29, 0.717) is 26.2 Å². The van der Waals surface area contributed by atoms with Crippen molar-refractivity contribution < 1.29 is 14.3 Å².